The van der Waals surface area contributed by atoms with Crippen molar-refractivity contribution < 1.29 is 27.9 Å². The van der Waals surface area contributed by atoms with E-state index in [9.17, 15) is 22.8 Å². The van der Waals surface area contributed by atoms with Crippen LogP contribution in [0.3, 0.4) is 0 Å². The second-order valence-corrected chi connectivity index (χ2v) is 6.97. The number of amides is 2. The second kappa shape index (κ2) is 8.28. The molecule has 1 rings (SSSR count). The van der Waals surface area contributed by atoms with Gasteiger partial charge in [0, 0.05) is 19.3 Å². The highest BCUT2D eigenvalue weighted by atomic mass is 32.2. The molecule has 0 radical (unpaired) electrons. The second-order valence-electron chi connectivity index (χ2n) is 4.91. The number of hydrogen-bond acceptors (Lipinski definition) is 5. The molecule has 0 spiro atoms. The minimum atomic E-state index is -3.93. The van der Waals surface area contributed by atoms with E-state index >= 15 is 0 Å². The summed E-state index contributed by atoms with van der Waals surface area (Å²) in [7, 11) is -2.62. The third-order valence-electron chi connectivity index (χ3n) is 2.84. The maximum atomic E-state index is 11.9. The van der Waals surface area contributed by atoms with Crippen LogP contribution in [0.5, 0.6) is 0 Å². The first kappa shape index (κ1) is 18.6. The van der Waals surface area contributed by atoms with Gasteiger partial charge in [-0.15, -0.1) is 0 Å². The first-order chi connectivity index (χ1) is 10.7. The zero-order chi connectivity index (χ0) is 17.5. The number of benzene rings is 1. The van der Waals surface area contributed by atoms with Gasteiger partial charge in [-0.05, 0) is 12.1 Å². The lowest BCUT2D eigenvalue weighted by Crippen LogP contribution is -2.36. The molecule has 0 heterocycles. The molecule has 0 unspecified atom stereocenters. The molecule has 2 amide bonds. The largest absolute Gasteiger partial charge is 0.481 e. The molecule has 8 nitrogen and oxygen atoms in total. The summed E-state index contributed by atoms with van der Waals surface area (Å²) in [4.78, 5) is 34.9. The van der Waals surface area contributed by atoms with Gasteiger partial charge in [-0.2, -0.15) is 0 Å². The molecular formula is C14H18N2O6S. The fourth-order valence-corrected chi connectivity index (χ4v) is 2.83. The summed E-state index contributed by atoms with van der Waals surface area (Å²) in [6.07, 6.45) is -0.281. The lowest BCUT2D eigenvalue weighted by molar-refractivity contribution is -0.137. The van der Waals surface area contributed by atoms with Crippen LogP contribution in [0.15, 0.2) is 30.3 Å². The van der Waals surface area contributed by atoms with Crippen molar-refractivity contribution in [3.8, 4) is 0 Å². The predicted octanol–water partition coefficient (Wildman–Crippen LogP) is -0.0270. The molecule has 126 valence electrons. The summed E-state index contributed by atoms with van der Waals surface area (Å²) in [5.74, 6) is -4.24. The Balaban J connectivity index is 2.53. The Morgan fingerprint density at radius 2 is 1.74 bits per heavy atom. The van der Waals surface area contributed by atoms with Crippen molar-refractivity contribution in [2.24, 2.45) is 0 Å². The predicted molar refractivity (Wildman–Crippen MR) is 83.6 cm³/mol. The van der Waals surface area contributed by atoms with Crippen molar-refractivity contribution in [2.75, 3.05) is 30.4 Å². The van der Waals surface area contributed by atoms with Gasteiger partial charge in [0.1, 0.15) is 11.5 Å². The molecule has 0 saturated carbocycles. The standard InChI is InChI=1S/C14H18N2O6S/c1-16(8-7-14(19)20)13(18)10-23(21,22)9-12(17)15-11-5-3-2-4-6-11/h2-6H,7-10H2,1H3,(H,15,17)(H,19,20). The topological polar surface area (TPSA) is 121 Å². The summed E-state index contributed by atoms with van der Waals surface area (Å²) < 4.78 is 23.7. The van der Waals surface area contributed by atoms with Crippen molar-refractivity contribution in [3.05, 3.63) is 30.3 Å². The van der Waals surface area contributed by atoms with Crippen molar-refractivity contribution >= 4 is 33.3 Å². The molecule has 9 heteroatoms. The van der Waals surface area contributed by atoms with E-state index in [1.54, 1.807) is 30.3 Å². The number of para-hydroxylation sites is 1. The molecule has 0 aliphatic carbocycles. The van der Waals surface area contributed by atoms with Crippen LogP contribution in [0.1, 0.15) is 6.42 Å². The lowest BCUT2D eigenvalue weighted by Gasteiger charge is -2.15. The maximum Gasteiger partial charge on any atom is 0.305 e. The molecular weight excluding hydrogens is 324 g/mol. The number of sulfone groups is 1. The third-order valence-corrected chi connectivity index (χ3v) is 4.23. The molecule has 1 aromatic carbocycles. The number of aliphatic carboxylic acids is 1. The number of carboxylic acid groups (broad SMARTS) is 1. The Morgan fingerprint density at radius 1 is 1.13 bits per heavy atom. The molecule has 0 aliphatic rings. The van der Waals surface area contributed by atoms with Crippen molar-refractivity contribution in [3.63, 3.8) is 0 Å². The van der Waals surface area contributed by atoms with Gasteiger partial charge in [-0.3, -0.25) is 14.4 Å². The zero-order valence-corrected chi connectivity index (χ0v) is 13.4. The number of carboxylic acids is 1. The number of nitrogens with zero attached hydrogens (tertiary/aromatic N) is 1. The molecule has 0 aromatic heterocycles. The molecule has 23 heavy (non-hydrogen) atoms. The smallest absolute Gasteiger partial charge is 0.305 e. The van der Waals surface area contributed by atoms with Gasteiger partial charge in [0.05, 0.1) is 6.42 Å². The number of hydrogen-bond donors (Lipinski definition) is 2. The van der Waals surface area contributed by atoms with Gasteiger partial charge >= 0.3 is 5.97 Å². The van der Waals surface area contributed by atoms with Crippen LogP contribution < -0.4 is 5.32 Å². The minimum Gasteiger partial charge on any atom is -0.481 e. The quantitative estimate of drug-likeness (QED) is 0.684. The van der Waals surface area contributed by atoms with Gasteiger partial charge in [0.25, 0.3) is 0 Å². The van der Waals surface area contributed by atoms with Crippen molar-refractivity contribution in [2.45, 2.75) is 6.42 Å². The average molecular weight is 342 g/mol. The third kappa shape index (κ3) is 7.41. The lowest BCUT2D eigenvalue weighted by atomic mass is 10.3. The van der Waals surface area contributed by atoms with Gasteiger partial charge in [0.2, 0.25) is 11.8 Å². The highest BCUT2D eigenvalue weighted by molar-refractivity contribution is 7.92. The summed E-state index contributed by atoms with van der Waals surface area (Å²) in [5, 5.41) is 10.9. The maximum absolute atomic E-state index is 11.9. The number of rotatable bonds is 8. The minimum absolute atomic E-state index is 0.0973. The molecule has 0 bridgehead atoms. The normalized spacial score (nSPS) is 10.8. The number of carbonyl (C=O) groups is 3. The molecule has 0 fully saturated rings. The zero-order valence-electron chi connectivity index (χ0n) is 12.6. The number of carbonyl (C=O) groups excluding carboxylic acids is 2. The Morgan fingerprint density at radius 3 is 2.30 bits per heavy atom. The molecule has 2 N–H and O–H groups in total. The molecule has 0 atom stereocenters. The Labute approximate surface area is 134 Å². The SMILES string of the molecule is CN(CCC(=O)O)C(=O)CS(=O)(=O)CC(=O)Nc1ccccc1. The number of nitrogens with one attached hydrogen (secondary N) is 1. The molecule has 1 aromatic rings. The van der Waals surface area contributed by atoms with E-state index in [0.29, 0.717) is 5.69 Å². The molecule has 0 saturated heterocycles. The van der Waals surface area contributed by atoms with Crippen LogP contribution in [0.2, 0.25) is 0 Å². The Bertz CT molecular complexity index is 672. The molecule has 0 aliphatic heterocycles. The van der Waals surface area contributed by atoms with Crippen molar-refractivity contribution in [1.29, 1.82) is 0 Å². The fraction of sp³-hybridized carbons (Fsp3) is 0.357. The average Bonchev–Trinajstić information content (AvgIpc) is 2.44. The van der Waals surface area contributed by atoms with E-state index in [2.05, 4.69) is 5.32 Å². The van der Waals surface area contributed by atoms with E-state index in [1.807, 2.05) is 0 Å². The van der Waals surface area contributed by atoms with Crippen LogP contribution in [0.4, 0.5) is 5.69 Å². The van der Waals surface area contributed by atoms with Gasteiger partial charge in [-0.1, -0.05) is 18.2 Å². The van der Waals surface area contributed by atoms with E-state index < -0.39 is 39.1 Å². The summed E-state index contributed by atoms with van der Waals surface area (Å²) >= 11 is 0. The summed E-state index contributed by atoms with van der Waals surface area (Å²) in [6.45, 7) is -0.0973. The van der Waals surface area contributed by atoms with Crippen LogP contribution in [0, 0.1) is 0 Å². The highest BCUT2D eigenvalue weighted by Gasteiger charge is 2.23. The van der Waals surface area contributed by atoms with Crippen LogP contribution in [0.25, 0.3) is 0 Å². The van der Waals surface area contributed by atoms with E-state index in [-0.39, 0.29) is 13.0 Å². The van der Waals surface area contributed by atoms with Gasteiger partial charge in [0.15, 0.2) is 9.84 Å². The Hall–Kier alpha value is -2.42. The summed E-state index contributed by atoms with van der Waals surface area (Å²) in [5.41, 5.74) is 0.456. The Kier molecular flexibility index (Phi) is 6.70. The number of anilines is 1. The van der Waals surface area contributed by atoms with Gasteiger partial charge < -0.3 is 15.3 Å². The van der Waals surface area contributed by atoms with E-state index in [0.717, 1.165) is 4.90 Å². The summed E-state index contributed by atoms with van der Waals surface area (Å²) in [6, 6.07) is 8.33. The van der Waals surface area contributed by atoms with Crippen LogP contribution in [-0.2, 0) is 24.2 Å². The van der Waals surface area contributed by atoms with E-state index in [1.165, 1.54) is 7.05 Å². The first-order valence-corrected chi connectivity index (χ1v) is 8.53. The van der Waals surface area contributed by atoms with Crippen LogP contribution in [-0.4, -0.2) is 61.3 Å². The highest BCUT2D eigenvalue weighted by Crippen LogP contribution is 2.05. The van der Waals surface area contributed by atoms with Crippen molar-refractivity contribution in [1.82, 2.24) is 4.90 Å². The monoisotopic (exact) mass is 342 g/mol. The van der Waals surface area contributed by atoms with Gasteiger partial charge in [-0.25, -0.2) is 8.42 Å². The van der Waals surface area contributed by atoms with Crippen LogP contribution >= 0.6 is 0 Å². The first-order valence-electron chi connectivity index (χ1n) is 6.71. The fourth-order valence-electron chi connectivity index (χ4n) is 1.66. The van der Waals surface area contributed by atoms with E-state index in [4.69, 9.17) is 5.11 Å².